The van der Waals surface area contributed by atoms with Gasteiger partial charge in [-0.3, -0.25) is 0 Å². The molecular weight excluding hydrogens is 382 g/mol. The molecular formula is C24H44BrN. The molecule has 0 N–H and O–H groups in total. The molecule has 1 nitrogen and oxygen atoms in total. The first-order chi connectivity index (χ1) is 12.3. The summed E-state index contributed by atoms with van der Waals surface area (Å²) in [6, 6.07) is 4.46. The molecule has 0 spiro atoms. The molecule has 0 aromatic carbocycles. The summed E-state index contributed by atoms with van der Waals surface area (Å²) in [4.78, 5) is 0. The van der Waals surface area contributed by atoms with Crippen LogP contribution in [0.4, 0.5) is 0 Å². The van der Waals surface area contributed by atoms with E-state index in [2.05, 4.69) is 43.7 Å². The fourth-order valence-corrected chi connectivity index (χ4v) is 3.77. The molecule has 2 heteroatoms. The van der Waals surface area contributed by atoms with E-state index < -0.39 is 0 Å². The maximum absolute atomic E-state index is 2.44. The number of nitrogens with zero attached hydrogens (tertiary/aromatic N) is 1. The van der Waals surface area contributed by atoms with Crippen LogP contribution in [0.1, 0.15) is 115 Å². The minimum atomic E-state index is 0. The van der Waals surface area contributed by atoms with Crippen LogP contribution in [0.25, 0.3) is 0 Å². The van der Waals surface area contributed by atoms with Crippen LogP contribution < -0.4 is 21.5 Å². The predicted octanol–water partition coefficient (Wildman–Crippen LogP) is 4.33. The molecule has 0 atom stereocenters. The van der Waals surface area contributed by atoms with Crippen LogP contribution >= 0.6 is 0 Å². The van der Waals surface area contributed by atoms with Gasteiger partial charge >= 0.3 is 0 Å². The van der Waals surface area contributed by atoms with Crippen LogP contribution in [0.15, 0.2) is 18.3 Å². The molecule has 0 aliphatic carbocycles. The molecule has 1 heterocycles. The highest BCUT2D eigenvalue weighted by Gasteiger charge is 2.08. The van der Waals surface area contributed by atoms with Gasteiger partial charge in [0, 0.05) is 25.0 Å². The molecule has 26 heavy (non-hydrogen) atoms. The highest BCUT2D eigenvalue weighted by molar-refractivity contribution is 5.13. The van der Waals surface area contributed by atoms with Crippen molar-refractivity contribution in [2.24, 2.45) is 0 Å². The van der Waals surface area contributed by atoms with Crippen molar-refractivity contribution >= 4 is 0 Å². The third kappa shape index (κ3) is 12.1. The van der Waals surface area contributed by atoms with Gasteiger partial charge < -0.3 is 17.0 Å². The van der Waals surface area contributed by atoms with Crippen molar-refractivity contribution in [2.45, 2.75) is 124 Å². The Kier molecular flexibility index (Phi) is 17.8. The van der Waals surface area contributed by atoms with Crippen LogP contribution in [0.5, 0.6) is 0 Å². The Morgan fingerprint density at radius 1 is 0.692 bits per heavy atom. The summed E-state index contributed by atoms with van der Waals surface area (Å²) in [6.07, 6.45) is 23.5. The number of hydrogen-bond donors (Lipinski definition) is 0. The first-order valence-corrected chi connectivity index (χ1v) is 11.3. The van der Waals surface area contributed by atoms with Gasteiger partial charge in [-0.25, -0.2) is 4.57 Å². The minimum Gasteiger partial charge on any atom is -1.00 e. The fourth-order valence-electron chi connectivity index (χ4n) is 3.77. The lowest BCUT2D eigenvalue weighted by molar-refractivity contribution is -0.703. The molecule has 0 fully saturated rings. The predicted molar refractivity (Wildman–Crippen MR) is 111 cm³/mol. The first kappa shape index (κ1) is 25.6. The van der Waals surface area contributed by atoms with Crippen molar-refractivity contribution in [1.29, 1.82) is 0 Å². The van der Waals surface area contributed by atoms with Crippen molar-refractivity contribution in [3.8, 4) is 0 Å². The number of halogens is 1. The number of unbranched alkanes of at least 4 members (excludes halogenated alkanes) is 13. The molecule has 0 aliphatic rings. The van der Waals surface area contributed by atoms with Gasteiger partial charge in [-0.2, -0.15) is 0 Å². The highest BCUT2D eigenvalue weighted by Crippen LogP contribution is 2.13. The normalized spacial score (nSPS) is 10.7. The van der Waals surface area contributed by atoms with E-state index >= 15 is 0 Å². The van der Waals surface area contributed by atoms with Crippen molar-refractivity contribution in [1.82, 2.24) is 0 Å². The number of aryl methyl sites for hydroxylation is 2. The van der Waals surface area contributed by atoms with E-state index in [4.69, 9.17) is 0 Å². The maximum atomic E-state index is 2.44. The van der Waals surface area contributed by atoms with Crippen molar-refractivity contribution in [3.63, 3.8) is 0 Å². The van der Waals surface area contributed by atoms with Gasteiger partial charge in [-0.15, -0.1) is 0 Å². The zero-order valence-corrected chi connectivity index (χ0v) is 19.5. The van der Waals surface area contributed by atoms with Crippen LogP contribution in [-0.2, 0) is 13.0 Å². The standard InChI is InChI=1S/C24H44N.BrH/c1-4-6-7-8-9-10-11-12-13-14-15-16-17-18-21-25-22-19-20-24(5-2)23(25)3;/h19-20,22H,4-18,21H2,1-3H3;1H/q+1;/p-1. The Hall–Kier alpha value is -0.370. The van der Waals surface area contributed by atoms with Gasteiger partial charge in [0.15, 0.2) is 11.9 Å². The summed E-state index contributed by atoms with van der Waals surface area (Å²) < 4.78 is 2.44. The number of aromatic nitrogens is 1. The van der Waals surface area contributed by atoms with E-state index in [1.54, 1.807) is 0 Å². The molecule has 1 aromatic rings. The van der Waals surface area contributed by atoms with Crippen LogP contribution in [0.3, 0.4) is 0 Å². The van der Waals surface area contributed by atoms with E-state index in [9.17, 15) is 0 Å². The van der Waals surface area contributed by atoms with Gasteiger partial charge in [0.1, 0.15) is 6.54 Å². The molecule has 152 valence electrons. The smallest absolute Gasteiger partial charge is 0.181 e. The molecule has 0 aliphatic heterocycles. The molecule has 0 radical (unpaired) electrons. The Morgan fingerprint density at radius 3 is 1.62 bits per heavy atom. The lowest BCUT2D eigenvalue weighted by atomic mass is 10.0. The average molecular weight is 427 g/mol. The van der Waals surface area contributed by atoms with Gasteiger partial charge in [-0.1, -0.05) is 90.9 Å². The van der Waals surface area contributed by atoms with Crippen LogP contribution in [0, 0.1) is 6.92 Å². The summed E-state index contributed by atoms with van der Waals surface area (Å²) in [5, 5.41) is 0. The lowest BCUT2D eigenvalue weighted by Crippen LogP contribution is -3.00. The second-order valence-corrected chi connectivity index (χ2v) is 7.76. The van der Waals surface area contributed by atoms with Crippen molar-refractivity contribution in [3.05, 3.63) is 29.6 Å². The van der Waals surface area contributed by atoms with E-state index in [0.717, 1.165) is 6.42 Å². The number of rotatable bonds is 16. The van der Waals surface area contributed by atoms with E-state index in [0.29, 0.717) is 0 Å². The van der Waals surface area contributed by atoms with E-state index in [1.165, 1.54) is 108 Å². The van der Waals surface area contributed by atoms with Gasteiger partial charge in [-0.05, 0) is 18.9 Å². The SMILES string of the molecule is CCCCCCCCCCCCCCCC[n+]1cccc(CC)c1C.[Br-]. The zero-order valence-electron chi connectivity index (χ0n) is 17.9. The average Bonchev–Trinajstić information content (AvgIpc) is 2.63. The summed E-state index contributed by atoms with van der Waals surface area (Å²) >= 11 is 0. The highest BCUT2D eigenvalue weighted by atomic mass is 79.9. The van der Waals surface area contributed by atoms with Gasteiger partial charge in [0.05, 0.1) is 0 Å². The Bertz CT molecular complexity index is 430. The summed E-state index contributed by atoms with van der Waals surface area (Å²) in [6.45, 7) is 8.00. The maximum Gasteiger partial charge on any atom is 0.181 e. The molecule has 1 aromatic heterocycles. The number of hydrogen-bond acceptors (Lipinski definition) is 0. The van der Waals surface area contributed by atoms with E-state index in [-0.39, 0.29) is 17.0 Å². The summed E-state index contributed by atoms with van der Waals surface area (Å²) in [5.41, 5.74) is 2.95. The quantitative estimate of drug-likeness (QED) is 0.274. The van der Waals surface area contributed by atoms with Gasteiger partial charge in [0.25, 0.3) is 0 Å². The van der Waals surface area contributed by atoms with Crippen LogP contribution in [0.2, 0.25) is 0 Å². The van der Waals surface area contributed by atoms with Crippen LogP contribution in [-0.4, -0.2) is 0 Å². The second kappa shape index (κ2) is 18.0. The first-order valence-electron chi connectivity index (χ1n) is 11.3. The molecule has 0 saturated heterocycles. The molecule has 0 bridgehead atoms. The Balaban J connectivity index is 0.00000625. The molecule has 0 saturated carbocycles. The van der Waals surface area contributed by atoms with Crippen molar-refractivity contribution in [2.75, 3.05) is 0 Å². The van der Waals surface area contributed by atoms with Gasteiger partial charge in [0.2, 0.25) is 0 Å². The largest absolute Gasteiger partial charge is 1.00 e. The van der Waals surface area contributed by atoms with Crippen molar-refractivity contribution < 1.29 is 21.5 Å². The Morgan fingerprint density at radius 2 is 1.15 bits per heavy atom. The topological polar surface area (TPSA) is 3.88 Å². The zero-order chi connectivity index (χ0) is 18.2. The minimum absolute atomic E-state index is 0. The Labute approximate surface area is 174 Å². The second-order valence-electron chi connectivity index (χ2n) is 7.76. The molecule has 1 rings (SSSR count). The van der Waals surface area contributed by atoms with E-state index in [1.807, 2.05) is 0 Å². The third-order valence-electron chi connectivity index (χ3n) is 5.59. The monoisotopic (exact) mass is 425 g/mol. The summed E-state index contributed by atoms with van der Waals surface area (Å²) in [7, 11) is 0. The fraction of sp³-hybridized carbons (Fsp3) is 0.792. The summed E-state index contributed by atoms with van der Waals surface area (Å²) in [5.74, 6) is 0. The lowest BCUT2D eigenvalue weighted by Gasteiger charge is -2.05. The number of pyridine rings is 1. The molecule has 0 amide bonds. The molecule has 0 unspecified atom stereocenters. The third-order valence-corrected chi connectivity index (χ3v) is 5.59.